The van der Waals surface area contributed by atoms with Gasteiger partial charge in [0.1, 0.15) is 5.75 Å². The second-order valence-electron chi connectivity index (χ2n) is 5.21. The zero-order valence-corrected chi connectivity index (χ0v) is 11.5. The van der Waals surface area contributed by atoms with E-state index in [1.54, 1.807) is 17.0 Å². The summed E-state index contributed by atoms with van der Waals surface area (Å²) in [4.78, 5) is 14.4. The molecule has 0 radical (unpaired) electrons. The van der Waals surface area contributed by atoms with E-state index in [1.807, 2.05) is 31.2 Å². The number of carbonyl (C=O) groups excluding carboxylic acids is 1. The number of aryl methyl sites for hydroxylation is 2. The van der Waals surface area contributed by atoms with Gasteiger partial charge in [-0.15, -0.1) is 0 Å². The number of fused-ring (bicyclic) bond motifs is 1. The number of aromatic hydroxyl groups is 1. The van der Waals surface area contributed by atoms with Gasteiger partial charge in [-0.1, -0.05) is 24.3 Å². The van der Waals surface area contributed by atoms with Crippen LogP contribution in [0.4, 0.5) is 5.69 Å². The van der Waals surface area contributed by atoms with Crippen LogP contribution in [0.1, 0.15) is 27.9 Å². The smallest absolute Gasteiger partial charge is 0.262 e. The standard InChI is InChI=1S/C17H17NO2/c1-12-8-9-14(16(19)11-12)17(20)18-10-4-6-13-5-2-3-7-15(13)18/h2-3,5,7-9,11,19H,4,6,10H2,1H3. The first-order valence-electron chi connectivity index (χ1n) is 6.86. The first kappa shape index (κ1) is 12.7. The van der Waals surface area contributed by atoms with E-state index >= 15 is 0 Å². The van der Waals surface area contributed by atoms with Crippen molar-refractivity contribution in [3.63, 3.8) is 0 Å². The summed E-state index contributed by atoms with van der Waals surface area (Å²) in [6.45, 7) is 2.59. The van der Waals surface area contributed by atoms with Crippen LogP contribution in [-0.2, 0) is 6.42 Å². The minimum absolute atomic E-state index is 0.0538. The van der Waals surface area contributed by atoms with E-state index in [-0.39, 0.29) is 11.7 Å². The van der Waals surface area contributed by atoms with E-state index in [9.17, 15) is 9.90 Å². The lowest BCUT2D eigenvalue weighted by Crippen LogP contribution is -2.35. The maximum absolute atomic E-state index is 12.7. The zero-order valence-electron chi connectivity index (χ0n) is 11.5. The van der Waals surface area contributed by atoms with Crippen molar-refractivity contribution in [3.8, 4) is 5.75 Å². The first-order valence-corrected chi connectivity index (χ1v) is 6.86. The van der Waals surface area contributed by atoms with Gasteiger partial charge in [0.05, 0.1) is 5.56 Å². The van der Waals surface area contributed by atoms with Gasteiger partial charge >= 0.3 is 0 Å². The molecule has 1 heterocycles. The minimum atomic E-state index is -0.130. The van der Waals surface area contributed by atoms with Crippen LogP contribution in [0.3, 0.4) is 0 Å². The van der Waals surface area contributed by atoms with Crippen LogP contribution in [0.2, 0.25) is 0 Å². The number of hydrogen-bond acceptors (Lipinski definition) is 2. The molecule has 0 spiro atoms. The molecule has 3 heteroatoms. The van der Waals surface area contributed by atoms with Crippen LogP contribution in [-0.4, -0.2) is 17.6 Å². The molecule has 0 aliphatic carbocycles. The molecule has 0 unspecified atom stereocenters. The first-order chi connectivity index (χ1) is 9.66. The van der Waals surface area contributed by atoms with E-state index in [0.717, 1.165) is 24.1 Å². The third-order valence-corrected chi connectivity index (χ3v) is 3.74. The Morgan fingerprint density at radius 3 is 2.80 bits per heavy atom. The predicted molar refractivity (Wildman–Crippen MR) is 79.3 cm³/mol. The number of hydrogen-bond donors (Lipinski definition) is 1. The SMILES string of the molecule is Cc1ccc(C(=O)N2CCCc3ccccc32)c(O)c1. The number of phenols is 1. The number of anilines is 1. The van der Waals surface area contributed by atoms with Crippen LogP contribution in [0.5, 0.6) is 5.75 Å². The van der Waals surface area contributed by atoms with Crippen molar-refractivity contribution < 1.29 is 9.90 Å². The molecule has 1 aliphatic heterocycles. The van der Waals surface area contributed by atoms with Crippen LogP contribution in [0.25, 0.3) is 0 Å². The molecule has 0 bridgehead atoms. The summed E-state index contributed by atoms with van der Waals surface area (Å²) in [5.74, 6) is -0.0762. The lowest BCUT2D eigenvalue weighted by atomic mass is 10.0. The largest absolute Gasteiger partial charge is 0.507 e. The topological polar surface area (TPSA) is 40.5 Å². The number of amides is 1. The molecule has 1 amide bonds. The molecule has 1 aliphatic rings. The molecular formula is C17H17NO2. The molecule has 1 N–H and O–H groups in total. The molecule has 0 atom stereocenters. The number of carbonyl (C=O) groups is 1. The van der Waals surface area contributed by atoms with E-state index in [4.69, 9.17) is 0 Å². The van der Waals surface area contributed by atoms with Crippen molar-refractivity contribution in [1.82, 2.24) is 0 Å². The van der Waals surface area contributed by atoms with Crippen molar-refractivity contribution in [2.75, 3.05) is 11.4 Å². The fraction of sp³-hybridized carbons (Fsp3) is 0.235. The molecule has 0 aromatic heterocycles. The van der Waals surface area contributed by atoms with Crippen molar-refractivity contribution in [1.29, 1.82) is 0 Å². The fourth-order valence-electron chi connectivity index (χ4n) is 2.71. The normalized spacial score (nSPS) is 13.9. The van der Waals surface area contributed by atoms with E-state index < -0.39 is 0 Å². The van der Waals surface area contributed by atoms with Gasteiger partial charge in [0.15, 0.2) is 0 Å². The van der Waals surface area contributed by atoms with Crippen LogP contribution < -0.4 is 4.90 Å². The van der Waals surface area contributed by atoms with Gasteiger partial charge in [-0.25, -0.2) is 0 Å². The Labute approximate surface area is 118 Å². The van der Waals surface area contributed by atoms with Gasteiger partial charge in [0, 0.05) is 12.2 Å². The Bertz CT molecular complexity index is 664. The van der Waals surface area contributed by atoms with Gasteiger partial charge in [-0.05, 0) is 49.1 Å². The summed E-state index contributed by atoms with van der Waals surface area (Å²) in [5, 5.41) is 9.99. The quantitative estimate of drug-likeness (QED) is 0.861. The number of nitrogens with zero attached hydrogens (tertiary/aromatic N) is 1. The van der Waals surface area contributed by atoms with E-state index in [1.165, 1.54) is 5.56 Å². The molecule has 0 fully saturated rings. The molecule has 20 heavy (non-hydrogen) atoms. The van der Waals surface area contributed by atoms with Gasteiger partial charge in [0.2, 0.25) is 0 Å². The summed E-state index contributed by atoms with van der Waals surface area (Å²) < 4.78 is 0. The average molecular weight is 267 g/mol. The molecule has 0 saturated heterocycles. The van der Waals surface area contributed by atoms with Crippen LogP contribution in [0.15, 0.2) is 42.5 Å². The van der Waals surface area contributed by atoms with Gasteiger partial charge < -0.3 is 10.0 Å². The number of para-hydroxylation sites is 1. The summed E-state index contributed by atoms with van der Waals surface area (Å²) in [6, 6.07) is 13.1. The lowest BCUT2D eigenvalue weighted by Gasteiger charge is -2.29. The summed E-state index contributed by atoms with van der Waals surface area (Å²) in [6.07, 6.45) is 1.95. The minimum Gasteiger partial charge on any atom is -0.507 e. The second-order valence-corrected chi connectivity index (χ2v) is 5.21. The molecule has 102 valence electrons. The molecular weight excluding hydrogens is 250 g/mol. The Morgan fingerprint density at radius 2 is 2.00 bits per heavy atom. The second kappa shape index (κ2) is 5.00. The highest BCUT2D eigenvalue weighted by molar-refractivity contribution is 6.08. The maximum atomic E-state index is 12.7. The number of phenolic OH excluding ortho intramolecular Hbond substituents is 1. The molecule has 0 saturated carbocycles. The Morgan fingerprint density at radius 1 is 1.20 bits per heavy atom. The average Bonchev–Trinajstić information content (AvgIpc) is 2.46. The number of rotatable bonds is 1. The zero-order chi connectivity index (χ0) is 14.1. The molecule has 3 nitrogen and oxygen atoms in total. The van der Waals surface area contributed by atoms with Crippen LogP contribution in [0, 0.1) is 6.92 Å². The highest BCUT2D eigenvalue weighted by atomic mass is 16.3. The number of benzene rings is 2. The van der Waals surface area contributed by atoms with Gasteiger partial charge in [-0.2, -0.15) is 0 Å². The third kappa shape index (κ3) is 2.16. The predicted octanol–water partition coefficient (Wildman–Crippen LogP) is 3.29. The monoisotopic (exact) mass is 267 g/mol. The highest BCUT2D eigenvalue weighted by Crippen LogP contribution is 2.30. The summed E-state index contributed by atoms with van der Waals surface area (Å²) >= 11 is 0. The Hall–Kier alpha value is -2.29. The Kier molecular flexibility index (Phi) is 3.18. The summed E-state index contributed by atoms with van der Waals surface area (Å²) in [7, 11) is 0. The van der Waals surface area contributed by atoms with Gasteiger partial charge in [-0.3, -0.25) is 4.79 Å². The van der Waals surface area contributed by atoms with Crippen molar-refractivity contribution >= 4 is 11.6 Å². The van der Waals surface area contributed by atoms with Crippen molar-refractivity contribution in [2.45, 2.75) is 19.8 Å². The Balaban J connectivity index is 2.00. The highest BCUT2D eigenvalue weighted by Gasteiger charge is 2.24. The third-order valence-electron chi connectivity index (χ3n) is 3.74. The molecule has 3 rings (SSSR count). The van der Waals surface area contributed by atoms with Crippen molar-refractivity contribution in [3.05, 3.63) is 59.2 Å². The van der Waals surface area contributed by atoms with E-state index in [2.05, 4.69) is 6.07 Å². The molecule has 2 aromatic rings. The van der Waals surface area contributed by atoms with Gasteiger partial charge in [0.25, 0.3) is 5.91 Å². The molecule has 2 aromatic carbocycles. The summed E-state index contributed by atoms with van der Waals surface area (Å²) in [5.41, 5.74) is 3.47. The lowest BCUT2D eigenvalue weighted by molar-refractivity contribution is 0.0982. The van der Waals surface area contributed by atoms with E-state index in [0.29, 0.717) is 12.1 Å². The fourth-order valence-corrected chi connectivity index (χ4v) is 2.71. The van der Waals surface area contributed by atoms with Crippen LogP contribution >= 0.6 is 0 Å². The van der Waals surface area contributed by atoms with Crippen molar-refractivity contribution in [2.24, 2.45) is 0 Å². The maximum Gasteiger partial charge on any atom is 0.262 e.